The standard InChI is InChI=1S/C8H15NO7/c9-4(11)2-15-8-7(14)6(13)5(12)3(1-10)16-8/h3,5-8,10,12-14H,1-2H2,(H2,9,11)/t3?,5-,6+,7?,8?/m1/s1. The number of hydrogen-bond donors (Lipinski definition) is 5. The van der Waals surface area contributed by atoms with Crippen LogP contribution in [0.1, 0.15) is 0 Å². The van der Waals surface area contributed by atoms with Gasteiger partial charge in [0.1, 0.15) is 31.0 Å². The summed E-state index contributed by atoms with van der Waals surface area (Å²) >= 11 is 0. The van der Waals surface area contributed by atoms with Gasteiger partial charge < -0.3 is 35.6 Å². The Labute approximate surface area is 91.2 Å². The van der Waals surface area contributed by atoms with Crippen molar-refractivity contribution in [2.45, 2.75) is 30.7 Å². The smallest absolute Gasteiger partial charge is 0.243 e. The Bertz CT molecular complexity index is 247. The first-order chi connectivity index (χ1) is 7.47. The van der Waals surface area contributed by atoms with Crippen LogP contribution in [-0.2, 0) is 14.3 Å². The molecule has 0 saturated carbocycles. The fourth-order valence-corrected chi connectivity index (χ4v) is 1.37. The normalized spacial score (nSPS) is 39.6. The van der Waals surface area contributed by atoms with E-state index in [4.69, 9.17) is 20.3 Å². The number of aliphatic hydroxyl groups is 4. The van der Waals surface area contributed by atoms with Crippen molar-refractivity contribution in [1.82, 2.24) is 0 Å². The van der Waals surface area contributed by atoms with Gasteiger partial charge in [-0.2, -0.15) is 0 Å². The molecule has 5 atom stereocenters. The summed E-state index contributed by atoms with van der Waals surface area (Å²) in [7, 11) is 0. The summed E-state index contributed by atoms with van der Waals surface area (Å²) in [6.07, 6.45) is -6.87. The molecule has 1 amide bonds. The van der Waals surface area contributed by atoms with Crippen LogP contribution < -0.4 is 5.73 Å². The molecule has 1 heterocycles. The van der Waals surface area contributed by atoms with E-state index >= 15 is 0 Å². The van der Waals surface area contributed by atoms with Crippen molar-refractivity contribution in [3.05, 3.63) is 0 Å². The summed E-state index contributed by atoms with van der Waals surface area (Å²) < 4.78 is 9.72. The van der Waals surface area contributed by atoms with Gasteiger partial charge in [-0.25, -0.2) is 0 Å². The van der Waals surface area contributed by atoms with Gasteiger partial charge in [0.05, 0.1) is 6.61 Å². The molecule has 1 aliphatic rings. The fraction of sp³-hybridized carbons (Fsp3) is 0.875. The first-order valence-electron chi connectivity index (χ1n) is 4.67. The molecule has 8 heteroatoms. The van der Waals surface area contributed by atoms with Crippen LogP contribution in [0.3, 0.4) is 0 Å². The number of amides is 1. The van der Waals surface area contributed by atoms with Gasteiger partial charge in [-0.15, -0.1) is 0 Å². The van der Waals surface area contributed by atoms with Gasteiger partial charge in [0, 0.05) is 0 Å². The van der Waals surface area contributed by atoms with Crippen molar-refractivity contribution >= 4 is 5.91 Å². The molecule has 3 unspecified atom stereocenters. The molecule has 1 saturated heterocycles. The average molecular weight is 237 g/mol. The molecular formula is C8H15NO7. The Balaban J connectivity index is 2.60. The summed E-state index contributed by atoms with van der Waals surface area (Å²) in [6, 6.07) is 0. The molecule has 0 radical (unpaired) electrons. The van der Waals surface area contributed by atoms with Crippen molar-refractivity contribution < 1.29 is 34.7 Å². The number of nitrogens with two attached hydrogens (primary N) is 1. The number of primary amides is 1. The molecule has 8 nitrogen and oxygen atoms in total. The monoisotopic (exact) mass is 237 g/mol. The molecule has 0 aromatic heterocycles. The number of carbonyl (C=O) groups excluding carboxylic acids is 1. The molecule has 94 valence electrons. The lowest BCUT2D eigenvalue weighted by Crippen LogP contribution is -2.59. The summed E-state index contributed by atoms with van der Waals surface area (Å²) in [5, 5.41) is 37.0. The highest BCUT2D eigenvalue weighted by molar-refractivity contribution is 5.74. The number of rotatable bonds is 4. The Hall–Kier alpha value is -0.770. The van der Waals surface area contributed by atoms with Gasteiger partial charge in [-0.3, -0.25) is 4.79 Å². The van der Waals surface area contributed by atoms with Crippen LogP contribution >= 0.6 is 0 Å². The molecule has 0 aromatic carbocycles. The molecular weight excluding hydrogens is 222 g/mol. The zero-order valence-electron chi connectivity index (χ0n) is 8.39. The Morgan fingerprint density at radius 2 is 1.88 bits per heavy atom. The quantitative estimate of drug-likeness (QED) is 0.338. The first-order valence-corrected chi connectivity index (χ1v) is 4.67. The Kier molecular flexibility index (Phi) is 4.59. The van der Waals surface area contributed by atoms with E-state index in [1.54, 1.807) is 0 Å². The van der Waals surface area contributed by atoms with E-state index in [1.807, 2.05) is 0 Å². The lowest BCUT2D eigenvalue weighted by molar-refractivity contribution is -0.299. The van der Waals surface area contributed by atoms with Crippen LogP contribution in [0.2, 0.25) is 0 Å². The van der Waals surface area contributed by atoms with E-state index in [0.717, 1.165) is 0 Å². The van der Waals surface area contributed by atoms with Crippen LogP contribution in [0.4, 0.5) is 0 Å². The van der Waals surface area contributed by atoms with Crippen molar-refractivity contribution in [3.8, 4) is 0 Å². The minimum atomic E-state index is -1.52. The van der Waals surface area contributed by atoms with E-state index in [9.17, 15) is 20.1 Å². The predicted octanol–water partition coefficient (Wildman–Crippen LogP) is -3.71. The van der Waals surface area contributed by atoms with Crippen LogP contribution in [0.5, 0.6) is 0 Å². The summed E-state index contributed by atoms with van der Waals surface area (Å²) in [4.78, 5) is 10.4. The number of ether oxygens (including phenoxy) is 2. The predicted molar refractivity (Wildman–Crippen MR) is 48.9 cm³/mol. The van der Waals surface area contributed by atoms with Gasteiger partial charge in [0.15, 0.2) is 6.29 Å². The topological polar surface area (TPSA) is 142 Å². The second-order valence-corrected chi connectivity index (χ2v) is 3.47. The molecule has 0 aliphatic carbocycles. The zero-order valence-corrected chi connectivity index (χ0v) is 8.39. The maximum absolute atomic E-state index is 10.4. The largest absolute Gasteiger partial charge is 0.394 e. The van der Waals surface area contributed by atoms with Gasteiger partial charge in [0.25, 0.3) is 0 Å². The first kappa shape index (κ1) is 13.3. The van der Waals surface area contributed by atoms with Crippen molar-refractivity contribution in [2.24, 2.45) is 5.73 Å². The van der Waals surface area contributed by atoms with E-state index in [-0.39, 0.29) is 0 Å². The highest BCUT2D eigenvalue weighted by Crippen LogP contribution is 2.21. The molecule has 6 N–H and O–H groups in total. The lowest BCUT2D eigenvalue weighted by atomic mass is 9.99. The van der Waals surface area contributed by atoms with Gasteiger partial charge >= 0.3 is 0 Å². The third-order valence-corrected chi connectivity index (χ3v) is 2.24. The van der Waals surface area contributed by atoms with E-state index < -0.39 is 49.8 Å². The Morgan fingerprint density at radius 1 is 1.25 bits per heavy atom. The number of carbonyl (C=O) groups is 1. The minimum Gasteiger partial charge on any atom is -0.394 e. The fourth-order valence-electron chi connectivity index (χ4n) is 1.37. The number of aliphatic hydroxyl groups excluding tert-OH is 4. The highest BCUT2D eigenvalue weighted by Gasteiger charge is 2.44. The summed E-state index contributed by atoms with van der Waals surface area (Å²) in [6.45, 7) is -1.05. The molecule has 0 aromatic rings. The molecule has 0 bridgehead atoms. The molecule has 16 heavy (non-hydrogen) atoms. The maximum atomic E-state index is 10.4. The third-order valence-electron chi connectivity index (χ3n) is 2.24. The van der Waals surface area contributed by atoms with Crippen LogP contribution in [-0.4, -0.2) is 70.3 Å². The molecule has 1 rings (SSSR count). The summed E-state index contributed by atoms with van der Waals surface area (Å²) in [5.74, 6) is -0.767. The van der Waals surface area contributed by atoms with Crippen LogP contribution in [0.15, 0.2) is 0 Å². The molecule has 1 aliphatic heterocycles. The Morgan fingerprint density at radius 3 is 2.38 bits per heavy atom. The minimum absolute atomic E-state index is 0.497. The number of hydrogen-bond acceptors (Lipinski definition) is 7. The van der Waals surface area contributed by atoms with Gasteiger partial charge in [-0.05, 0) is 0 Å². The van der Waals surface area contributed by atoms with E-state index in [0.29, 0.717) is 0 Å². The summed E-state index contributed by atoms with van der Waals surface area (Å²) in [5.41, 5.74) is 4.82. The second kappa shape index (κ2) is 5.53. The van der Waals surface area contributed by atoms with Crippen molar-refractivity contribution in [2.75, 3.05) is 13.2 Å². The zero-order chi connectivity index (χ0) is 12.3. The molecule has 0 spiro atoms. The third kappa shape index (κ3) is 2.88. The lowest BCUT2D eigenvalue weighted by Gasteiger charge is -2.39. The van der Waals surface area contributed by atoms with Crippen molar-refractivity contribution in [3.63, 3.8) is 0 Å². The van der Waals surface area contributed by atoms with Gasteiger partial charge in [-0.1, -0.05) is 0 Å². The maximum Gasteiger partial charge on any atom is 0.243 e. The van der Waals surface area contributed by atoms with E-state index in [2.05, 4.69) is 0 Å². The van der Waals surface area contributed by atoms with Crippen LogP contribution in [0.25, 0.3) is 0 Å². The van der Waals surface area contributed by atoms with E-state index in [1.165, 1.54) is 0 Å². The highest BCUT2D eigenvalue weighted by atomic mass is 16.7. The van der Waals surface area contributed by atoms with Crippen LogP contribution in [0, 0.1) is 0 Å². The van der Waals surface area contributed by atoms with Gasteiger partial charge in [0.2, 0.25) is 5.91 Å². The van der Waals surface area contributed by atoms with Crippen molar-refractivity contribution in [1.29, 1.82) is 0 Å². The second-order valence-electron chi connectivity index (χ2n) is 3.47. The molecule has 1 fully saturated rings. The SMILES string of the molecule is NC(=O)COC1OC(CO)[C@@H](O)[C@H](O)C1O. The average Bonchev–Trinajstić information content (AvgIpc) is 2.25.